The number of sulfonamides is 1. The Morgan fingerprint density at radius 3 is 2.58 bits per heavy atom. The summed E-state index contributed by atoms with van der Waals surface area (Å²) in [5.74, 6) is -1.07. The molecule has 1 aromatic heterocycles. The van der Waals surface area contributed by atoms with Crippen molar-refractivity contribution in [1.29, 1.82) is 0 Å². The lowest BCUT2D eigenvalue weighted by Gasteiger charge is -2.16. The van der Waals surface area contributed by atoms with Gasteiger partial charge in [-0.15, -0.1) is 11.3 Å². The SMILES string of the molecule is O=C(OCc1csc(-c2ccc(F)cc2)n1)c1cc(S(=O)(=O)N2CCCC2)ccc1Cl. The molecular formula is C21H18ClFN2O4S2. The van der Waals surface area contributed by atoms with Gasteiger partial charge in [0.05, 0.1) is 21.2 Å². The lowest BCUT2D eigenvalue weighted by Crippen LogP contribution is -2.28. The van der Waals surface area contributed by atoms with E-state index in [4.69, 9.17) is 16.3 Å². The molecule has 6 nitrogen and oxygen atoms in total. The molecule has 2 heterocycles. The molecular weight excluding hydrogens is 463 g/mol. The average Bonchev–Trinajstić information content (AvgIpc) is 3.45. The zero-order valence-electron chi connectivity index (χ0n) is 16.3. The Morgan fingerprint density at radius 2 is 1.87 bits per heavy atom. The Kier molecular flexibility index (Phi) is 6.38. The first kappa shape index (κ1) is 21.9. The first-order chi connectivity index (χ1) is 14.8. The van der Waals surface area contributed by atoms with Crippen LogP contribution < -0.4 is 0 Å². The van der Waals surface area contributed by atoms with Crippen LogP contribution in [0.1, 0.15) is 28.9 Å². The molecule has 0 N–H and O–H groups in total. The molecule has 31 heavy (non-hydrogen) atoms. The standard InChI is InChI=1S/C21H18ClFN2O4S2/c22-19-8-7-17(31(27,28)25-9-1-2-10-25)11-18(19)21(26)29-12-16-13-30-20(24-16)14-3-5-15(23)6-4-14/h3-8,11,13H,1-2,9-10,12H2. The number of benzene rings is 2. The normalized spacial score (nSPS) is 14.6. The highest BCUT2D eigenvalue weighted by Gasteiger charge is 2.28. The largest absolute Gasteiger partial charge is 0.456 e. The number of rotatable bonds is 6. The van der Waals surface area contributed by atoms with E-state index in [0.717, 1.165) is 18.4 Å². The van der Waals surface area contributed by atoms with Gasteiger partial charge in [0.1, 0.15) is 17.4 Å². The molecule has 10 heteroatoms. The molecule has 0 spiro atoms. The van der Waals surface area contributed by atoms with E-state index in [-0.39, 0.29) is 27.9 Å². The average molecular weight is 481 g/mol. The van der Waals surface area contributed by atoms with Crippen LogP contribution >= 0.6 is 22.9 Å². The Morgan fingerprint density at radius 1 is 1.16 bits per heavy atom. The van der Waals surface area contributed by atoms with E-state index in [9.17, 15) is 17.6 Å². The molecule has 1 aliphatic heterocycles. The molecule has 162 valence electrons. The molecule has 0 bridgehead atoms. The second-order valence-electron chi connectivity index (χ2n) is 6.98. The fourth-order valence-corrected chi connectivity index (χ4v) is 5.76. The molecule has 0 amide bonds. The van der Waals surface area contributed by atoms with E-state index >= 15 is 0 Å². The second kappa shape index (κ2) is 9.04. The third kappa shape index (κ3) is 4.79. The number of hydrogen-bond acceptors (Lipinski definition) is 6. The summed E-state index contributed by atoms with van der Waals surface area (Å²) in [5, 5.41) is 2.51. The summed E-state index contributed by atoms with van der Waals surface area (Å²) >= 11 is 7.47. The molecule has 3 aromatic rings. The van der Waals surface area contributed by atoms with E-state index in [1.807, 2.05) is 0 Å². The van der Waals surface area contributed by atoms with E-state index in [2.05, 4.69) is 4.98 Å². The zero-order valence-corrected chi connectivity index (χ0v) is 18.6. The number of carbonyl (C=O) groups is 1. The fraction of sp³-hybridized carbons (Fsp3) is 0.238. The Balaban J connectivity index is 1.47. The van der Waals surface area contributed by atoms with Crippen molar-refractivity contribution in [3.63, 3.8) is 0 Å². The predicted octanol–water partition coefficient (Wildman–Crippen LogP) is 4.74. The maximum atomic E-state index is 13.1. The van der Waals surface area contributed by atoms with E-state index in [1.165, 1.54) is 46.0 Å². The predicted molar refractivity (Wildman–Crippen MR) is 116 cm³/mol. The van der Waals surface area contributed by atoms with Gasteiger partial charge in [0, 0.05) is 24.0 Å². The van der Waals surface area contributed by atoms with Gasteiger partial charge in [-0.25, -0.2) is 22.6 Å². The number of nitrogens with zero attached hydrogens (tertiary/aromatic N) is 2. The molecule has 1 aliphatic rings. The minimum absolute atomic E-state index is 0.0120. The topological polar surface area (TPSA) is 76.6 Å². The lowest BCUT2D eigenvalue weighted by atomic mass is 10.2. The van der Waals surface area contributed by atoms with Gasteiger partial charge in [0.15, 0.2) is 0 Å². The molecule has 1 saturated heterocycles. The van der Waals surface area contributed by atoms with Crippen LogP contribution in [0.15, 0.2) is 52.7 Å². The molecule has 0 radical (unpaired) electrons. The van der Waals surface area contributed by atoms with E-state index in [0.29, 0.717) is 23.8 Å². The van der Waals surface area contributed by atoms with Crippen LogP contribution in [0, 0.1) is 5.82 Å². The second-order valence-corrected chi connectivity index (χ2v) is 10.2. The van der Waals surface area contributed by atoms with Crippen molar-refractivity contribution < 1.29 is 22.3 Å². The van der Waals surface area contributed by atoms with Crippen molar-refractivity contribution in [3.05, 3.63) is 69.9 Å². The maximum Gasteiger partial charge on any atom is 0.340 e. The van der Waals surface area contributed by atoms with Gasteiger partial charge in [-0.1, -0.05) is 11.6 Å². The summed E-state index contributed by atoms with van der Waals surface area (Å²) in [5.41, 5.74) is 1.26. The van der Waals surface area contributed by atoms with Gasteiger partial charge in [-0.05, 0) is 55.3 Å². The van der Waals surface area contributed by atoms with Crippen LogP contribution in [0.2, 0.25) is 5.02 Å². The first-order valence-corrected chi connectivity index (χ1v) is 12.2. The van der Waals surface area contributed by atoms with E-state index in [1.54, 1.807) is 17.5 Å². The van der Waals surface area contributed by atoms with Crippen molar-refractivity contribution in [1.82, 2.24) is 9.29 Å². The highest BCUT2D eigenvalue weighted by Crippen LogP contribution is 2.27. The number of halogens is 2. The Hall–Kier alpha value is -2.33. The van der Waals surface area contributed by atoms with Gasteiger partial charge in [-0.3, -0.25) is 0 Å². The Bertz CT molecular complexity index is 1210. The molecule has 2 aromatic carbocycles. The molecule has 0 unspecified atom stereocenters. The summed E-state index contributed by atoms with van der Waals surface area (Å²) < 4.78 is 45.3. The number of thiazole rings is 1. The molecule has 0 saturated carbocycles. The first-order valence-electron chi connectivity index (χ1n) is 9.52. The molecule has 4 rings (SSSR count). The zero-order chi connectivity index (χ0) is 22.0. The monoisotopic (exact) mass is 480 g/mol. The van der Waals surface area contributed by atoms with Crippen LogP contribution in [0.4, 0.5) is 4.39 Å². The van der Waals surface area contributed by atoms with Crippen LogP contribution in [0.5, 0.6) is 0 Å². The number of ether oxygens (including phenoxy) is 1. The number of carbonyl (C=O) groups excluding carboxylic acids is 1. The van der Waals surface area contributed by atoms with Crippen LogP contribution in [-0.4, -0.2) is 36.8 Å². The summed E-state index contributed by atoms with van der Waals surface area (Å²) in [6.45, 7) is 0.825. The smallest absolute Gasteiger partial charge is 0.340 e. The molecule has 0 atom stereocenters. The third-order valence-electron chi connectivity index (χ3n) is 4.85. The molecule has 0 aliphatic carbocycles. The van der Waals surface area contributed by atoms with Crippen molar-refractivity contribution in [2.75, 3.05) is 13.1 Å². The third-order valence-corrected chi connectivity index (χ3v) is 8.02. The summed E-state index contributed by atoms with van der Waals surface area (Å²) in [6, 6.07) is 9.97. The summed E-state index contributed by atoms with van der Waals surface area (Å²) in [7, 11) is -3.68. The fourth-order valence-electron chi connectivity index (χ4n) is 3.21. The Labute approximate surface area is 188 Å². The van der Waals surface area contributed by atoms with Crippen LogP contribution in [0.3, 0.4) is 0 Å². The highest BCUT2D eigenvalue weighted by atomic mass is 35.5. The van der Waals surface area contributed by atoms with Crippen molar-refractivity contribution in [3.8, 4) is 10.6 Å². The van der Waals surface area contributed by atoms with Crippen molar-refractivity contribution in [2.24, 2.45) is 0 Å². The van der Waals surface area contributed by atoms with E-state index < -0.39 is 16.0 Å². The van der Waals surface area contributed by atoms with Crippen LogP contribution in [-0.2, 0) is 21.4 Å². The number of hydrogen-bond donors (Lipinski definition) is 0. The summed E-state index contributed by atoms with van der Waals surface area (Å²) in [6.07, 6.45) is 1.63. The van der Waals surface area contributed by atoms with Crippen molar-refractivity contribution in [2.45, 2.75) is 24.3 Å². The highest BCUT2D eigenvalue weighted by molar-refractivity contribution is 7.89. The maximum absolute atomic E-state index is 13.1. The minimum Gasteiger partial charge on any atom is -0.456 e. The van der Waals surface area contributed by atoms with Gasteiger partial charge in [-0.2, -0.15) is 4.31 Å². The van der Waals surface area contributed by atoms with Crippen molar-refractivity contribution >= 4 is 38.9 Å². The number of aromatic nitrogens is 1. The minimum atomic E-state index is -3.68. The lowest BCUT2D eigenvalue weighted by molar-refractivity contribution is 0.0468. The quantitative estimate of drug-likeness (QED) is 0.476. The van der Waals surface area contributed by atoms with Gasteiger partial charge < -0.3 is 4.74 Å². The molecule has 1 fully saturated rings. The summed E-state index contributed by atoms with van der Waals surface area (Å²) in [4.78, 5) is 17.0. The van der Waals surface area contributed by atoms with Gasteiger partial charge in [0.25, 0.3) is 0 Å². The van der Waals surface area contributed by atoms with Gasteiger partial charge in [0.2, 0.25) is 10.0 Å². The van der Waals surface area contributed by atoms with Gasteiger partial charge >= 0.3 is 5.97 Å². The van der Waals surface area contributed by atoms with Crippen LogP contribution in [0.25, 0.3) is 10.6 Å². The number of esters is 1.